The molecule has 0 bridgehead atoms. The highest BCUT2D eigenvalue weighted by Crippen LogP contribution is 2.38. The number of nitrogen functional groups attached to an aromatic ring is 2. The maximum absolute atomic E-state index is 14.5. The molecule has 2 aromatic carbocycles. The van der Waals surface area contributed by atoms with Gasteiger partial charge in [0.1, 0.15) is 0 Å². The lowest BCUT2D eigenvalue weighted by Gasteiger charge is -2.28. The molecule has 4 fully saturated rings. The van der Waals surface area contributed by atoms with Crippen LogP contribution in [-0.2, 0) is 38.2 Å². The van der Waals surface area contributed by atoms with E-state index < -0.39 is 0 Å². The number of carbonyl (C=O) groups is 1. The fraction of sp³-hybridized carbons (Fsp3) is 0.519. The van der Waals surface area contributed by atoms with Gasteiger partial charge in [-0.2, -0.15) is 0 Å². The van der Waals surface area contributed by atoms with Crippen molar-refractivity contribution in [1.82, 2.24) is 0 Å². The Bertz CT molecular complexity index is 1170. The Morgan fingerprint density at radius 1 is 0.857 bits per heavy atom. The first-order valence-corrected chi connectivity index (χ1v) is 12.5. The largest absolute Gasteiger partial charge is 0.399 e. The second kappa shape index (κ2) is 8.78. The summed E-state index contributed by atoms with van der Waals surface area (Å²) in [7, 11) is 0. The zero-order valence-corrected chi connectivity index (χ0v) is 20.3. The van der Waals surface area contributed by atoms with Crippen LogP contribution >= 0.6 is 0 Å². The molecule has 0 aromatic heterocycles. The molecule has 2 aromatic rings. The SMILES string of the molecule is Cc1cc(N(CC2CO2)C(=O)c2c(C)c(CC3CO3)c(N)c(CC3CO3)c2CC2CO2)ccc1N. The fourth-order valence-corrected chi connectivity index (χ4v) is 4.97. The molecule has 186 valence electrons. The number of nitrogens with two attached hydrogens (primary N) is 2. The third-order valence-corrected chi connectivity index (χ3v) is 7.46. The van der Waals surface area contributed by atoms with Crippen LogP contribution in [0.15, 0.2) is 18.2 Å². The van der Waals surface area contributed by atoms with Gasteiger partial charge in [0, 0.05) is 41.9 Å². The minimum atomic E-state index is -0.0336. The summed E-state index contributed by atoms with van der Waals surface area (Å²) in [6, 6.07) is 5.75. The van der Waals surface area contributed by atoms with Crippen LogP contribution in [0, 0.1) is 13.8 Å². The second-order valence-electron chi connectivity index (χ2n) is 10.2. The first-order chi connectivity index (χ1) is 16.9. The van der Waals surface area contributed by atoms with E-state index in [0.29, 0.717) is 44.7 Å². The first-order valence-electron chi connectivity index (χ1n) is 12.5. The zero-order chi connectivity index (χ0) is 24.3. The van der Waals surface area contributed by atoms with Gasteiger partial charge in [0.15, 0.2) is 0 Å². The number of epoxide rings is 4. The molecule has 0 aliphatic carbocycles. The van der Waals surface area contributed by atoms with E-state index in [0.717, 1.165) is 58.0 Å². The number of aryl methyl sites for hydroxylation is 1. The van der Waals surface area contributed by atoms with E-state index in [1.165, 1.54) is 0 Å². The highest BCUT2D eigenvalue weighted by atomic mass is 16.6. The van der Waals surface area contributed by atoms with Gasteiger partial charge in [-0.1, -0.05) is 0 Å². The van der Waals surface area contributed by atoms with Crippen LogP contribution < -0.4 is 16.4 Å². The van der Waals surface area contributed by atoms with Gasteiger partial charge in [-0.3, -0.25) is 4.79 Å². The summed E-state index contributed by atoms with van der Waals surface area (Å²) in [6.45, 7) is 7.31. The van der Waals surface area contributed by atoms with Crippen LogP contribution in [0.4, 0.5) is 17.1 Å². The standard InChI is InChI=1S/C27H33N3O5/c1-14-5-16(3-4-24(14)28)30(9-20-13-35-20)27(31)25-15(2)21(6-17-10-32-17)26(29)23(8-19-12-34-19)22(25)7-18-11-33-18/h3-5,17-20H,6-13,28-29H2,1-2H3. The number of anilines is 3. The topological polar surface area (TPSA) is 122 Å². The molecule has 6 rings (SSSR count). The van der Waals surface area contributed by atoms with Crippen molar-refractivity contribution >= 4 is 23.0 Å². The number of hydrogen-bond acceptors (Lipinski definition) is 7. The minimum Gasteiger partial charge on any atom is -0.399 e. The van der Waals surface area contributed by atoms with Crippen molar-refractivity contribution in [3.05, 3.63) is 51.6 Å². The van der Waals surface area contributed by atoms with Gasteiger partial charge < -0.3 is 35.3 Å². The van der Waals surface area contributed by atoms with Crippen molar-refractivity contribution in [2.75, 3.05) is 49.3 Å². The Balaban J connectivity index is 1.48. The molecule has 4 aliphatic rings. The van der Waals surface area contributed by atoms with Crippen LogP contribution in [0.5, 0.6) is 0 Å². The van der Waals surface area contributed by atoms with Crippen LogP contribution in [0.25, 0.3) is 0 Å². The maximum Gasteiger partial charge on any atom is 0.258 e. The Morgan fingerprint density at radius 3 is 1.94 bits per heavy atom. The van der Waals surface area contributed by atoms with E-state index in [1.54, 1.807) is 0 Å². The summed E-state index contributed by atoms with van der Waals surface area (Å²) in [5, 5.41) is 0. The smallest absolute Gasteiger partial charge is 0.258 e. The van der Waals surface area contributed by atoms with E-state index in [9.17, 15) is 4.79 Å². The predicted octanol–water partition coefficient (Wildman–Crippen LogP) is 2.34. The molecule has 0 spiro atoms. The molecule has 4 N–H and O–H groups in total. The molecule has 4 saturated heterocycles. The van der Waals surface area contributed by atoms with E-state index in [2.05, 4.69) is 0 Å². The van der Waals surface area contributed by atoms with Crippen LogP contribution in [0.2, 0.25) is 0 Å². The molecule has 4 atom stereocenters. The summed E-state index contributed by atoms with van der Waals surface area (Å²) in [6.07, 6.45) is 2.57. The van der Waals surface area contributed by atoms with Crippen molar-refractivity contribution < 1.29 is 23.7 Å². The highest BCUT2D eigenvalue weighted by molar-refractivity contribution is 6.09. The summed E-state index contributed by atoms with van der Waals surface area (Å²) in [4.78, 5) is 16.3. The monoisotopic (exact) mass is 479 g/mol. The lowest BCUT2D eigenvalue weighted by molar-refractivity contribution is 0.0983. The van der Waals surface area contributed by atoms with E-state index in [4.69, 9.17) is 30.4 Å². The molecule has 4 heterocycles. The Morgan fingerprint density at radius 2 is 1.40 bits per heavy atom. The fourth-order valence-electron chi connectivity index (χ4n) is 4.97. The molecule has 0 radical (unpaired) electrons. The predicted molar refractivity (Wildman–Crippen MR) is 133 cm³/mol. The molecule has 35 heavy (non-hydrogen) atoms. The van der Waals surface area contributed by atoms with Gasteiger partial charge in [0.2, 0.25) is 0 Å². The number of amides is 1. The van der Waals surface area contributed by atoms with Crippen LogP contribution in [0.1, 0.15) is 38.2 Å². The van der Waals surface area contributed by atoms with E-state index >= 15 is 0 Å². The van der Waals surface area contributed by atoms with Crippen LogP contribution in [0.3, 0.4) is 0 Å². The van der Waals surface area contributed by atoms with Gasteiger partial charge in [0.05, 0.1) is 57.4 Å². The quantitative estimate of drug-likeness (QED) is 0.396. The van der Waals surface area contributed by atoms with Crippen molar-refractivity contribution in [1.29, 1.82) is 0 Å². The Kier molecular flexibility index (Phi) is 5.72. The third-order valence-electron chi connectivity index (χ3n) is 7.46. The molecule has 4 unspecified atom stereocenters. The molecular weight excluding hydrogens is 446 g/mol. The number of ether oxygens (including phenoxy) is 4. The lowest BCUT2D eigenvalue weighted by atomic mass is 9.84. The van der Waals surface area contributed by atoms with Crippen molar-refractivity contribution in [2.24, 2.45) is 0 Å². The van der Waals surface area contributed by atoms with Gasteiger partial charge in [-0.05, 0) is 59.9 Å². The minimum absolute atomic E-state index is 0.0336. The van der Waals surface area contributed by atoms with Crippen molar-refractivity contribution in [2.45, 2.75) is 57.5 Å². The molecule has 8 nitrogen and oxygen atoms in total. The summed E-state index contributed by atoms with van der Waals surface area (Å²) < 4.78 is 22.3. The van der Waals surface area contributed by atoms with Gasteiger partial charge in [-0.15, -0.1) is 0 Å². The summed E-state index contributed by atoms with van der Waals surface area (Å²) in [5.41, 5.74) is 20.8. The number of nitrogens with zero attached hydrogens (tertiary/aromatic N) is 1. The Labute approximate surface area is 205 Å². The molecular formula is C27H33N3O5. The molecule has 0 saturated carbocycles. The van der Waals surface area contributed by atoms with E-state index in [1.807, 2.05) is 36.9 Å². The average molecular weight is 480 g/mol. The Hall–Kier alpha value is -2.65. The van der Waals surface area contributed by atoms with Gasteiger partial charge in [0.25, 0.3) is 5.91 Å². The number of benzene rings is 2. The summed E-state index contributed by atoms with van der Waals surface area (Å²) in [5.74, 6) is -0.0336. The highest BCUT2D eigenvalue weighted by Gasteiger charge is 2.37. The van der Waals surface area contributed by atoms with Crippen molar-refractivity contribution in [3.8, 4) is 0 Å². The van der Waals surface area contributed by atoms with Gasteiger partial charge >= 0.3 is 0 Å². The molecule has 8 heteroatoms. The first kappa shape index (κ1) is 22.8. The molecule has 4 aliphatic heterocycles. The van der Waals surface area contributed by atoms with Crippen LogP contribution in [-0.4, -0.2) is 63.3 Å². The lowest BCUT2D eigenvalue weighted by Crippen LogP contribution is -2.36. The van der Waals surface area contributed by atoms with Gasteiger partial charge in [-0.25, -0.2) is 0 Å². The number of hydrogen-bond donors (Lipinski definition) is 2. The number of carbonyl (C=O) groups excluding carboxylic acids is 1. The van der Waals surface area contributed by atoms with Crippen molar-refractivity contribution in [3.63, 3.8) is 0 Å². The average Bonchev–Trinajstić information content (AvgIpc) is 3.67. The third kappa shape index (κ3) is 4.89. The molecule has 1 amide bonds. The normalized spacial score (nSPS) is 25.9. The maximum atomic E-state index is 14.5. The zero-order valence-electron chi connectivity index (χ0n) is 20.3. The summed E-state index contributed by atoms with van der Waals surface area (Å²) >= 11 is 0. The van der Waals surface area contributed by atoms with E-state index in [-0.39, 0.29) is 30.3 Å². The number of rotatable bonds is 10. The second-order valence-corrected chi connectivity index (χ2v) is 10.2.